The Kier molecular flexibility index (Phi) is 16.6. The number of rotatable bonds is 12. The molecule has 0 fully saturated rings. The molecule has 0 bridgehead atoms. The van der Waals surface area contributed by atoms with Gasteiger partial charge >= 0.3 is 0 Å². The van der Waals surface area contributed by atoms with Gasteiger partial charge in [0.05, 0.1) is 22.8 Å². The molecule has 4 aromatic heterocycles. The van der Waals surface area contributed by atoms with Gasteiger partial charge in [-0.05, 0) is 152 Å². The average Bonchev–Trinajstić information content (AvgIpc) is 0.790. The van der Waals surface area contributed by atoms with E-state index < -0.39 is 0 Å². The maximum Gasteiger partial charge on any atom is 0.160 e. The van der Waals surface area contributed by atoms with E-state index in [0.717, 1.165) is 106 Å². The highest BCUT2D eigenvalue weighted by Gasteiger charge is 2.17. The van der Waals surface area contributed by atoms with Crippen LogP contribution in [0.4, 0.5) is 0 Å². The van der Waals surface area contributed by atoms with Gasteiger partial charge in [0.15, 0.2) is 11.6 Å². The highest BCUT2D eigenvalue weighted by Crippen LogP contribution is 2.39. The summed E-state index contributed by atoms with van der Waals surface area (Å²) in [6, 6.07) is 129. The molecule has 4 heterocycles. The summed E-state index contributed by atoms with van der Waals surface area (Å²) < 4.78 is 0. The van der Waals surface area contributed by atoms with Crippen molar-refractivity contribution in [3.63, 3.8) is 0 Å². The molecular formula is C98H64N6. The molecule has 0 unspecified atom stereocenters. The molecule has 19 aromatic rings. The Morgan fingerprint density at radius 3 is 1.03 bits per heavy atom. The average molecular weight is 1330 g/mol. The smallest absolute Gasteiger partial charge is 0.160 e. The lowest BCUT2D eigenvalue weighted by molar-refractivity contribution is 1.18. The molecule has 0 N–H and O–H groups in total. The van der Waals surface area contributed by atoms with Crippen LogP contribution in [0.1, 0.15) is 0 Å². The van der Waals surface area contributed by atoms with Gasteiger partial charge in [-0.15, -0.1) is 0 Å². The lowest BCUT2D eigenvalue weighted by atomic mass is 9.96. The van der Waals surface area contributed by atoms with Gasteiger partial charge in [0.2, 0.25) is 0 Å². The Labute approximate surface area is 603 Å². The van der Waals surface area contributed by atoms with Crippen molar-refractivity contribution in [2.45, 2.75) is 0 Å². The van der Waals surface area contributed by atoms with Gasteiger partial charge in [0.25, 0.3) is 0 Å². The van der Waals surface area contributed by atoms with Gasteiger partial charge in [-0.2, -0.15) is 0 Å². The second kappa shape index (κ2) is 27.6. The van der Waals surface area contributed by atoms with Crippen molar-refractivity contribution >= 4 is 53.9 Å². The highest BCUT2D eigenvalue weighted by molar-refractivity contribution is 6.00. The number of benzene rings is 15. The van der Waals surface area contributed by atoms with Crippen LogP contribution >= 0.6 is 0 Å². The van der Waals surface area contributed by atoms with Crippen LogP contribution < -0.4 is 0 Å². The molecule has 0 atom stereocenters. The molecule has 0 radical (unpaired) electrons. The molecule has 0 saturated heterocycles. The summed E-state index contributed by atoms with van der Waals surface area (Å²) >= 11 is 0. The number of hydrogen-bond acceptors (Lipinski definition) is 6. The van der Waals surface area contributed by atoms with Crippen molar-refractivity contribution in [3.8, 4) is 135 Å². The van der Waals surface area contributed by atoms with Crippen LogP contribution in [0.2, 0.25) is 0 Å². The van der Waals surface area contributed by atoms with Gasteiger partial charge in [0, 0.05) is 69.1 Å². The molecule has 0 amide bonds. The van der Waals surface area contributed by atoms with Crippen molar-refractivity contribution in [2.75, 3.05) is 0 Å². The molecule has 0 aliphatic heterocycles. The minimum atomic E-state index is 0.686. The third-order valence-electron chi connectivity index (χ3n) is 19.8. The zero-order chi connectivity index (χ0) is 69.1. The summed E-state index contributed by atoms with van der Waals surface area (Å²) in [5, 5.41) is 12.2. The molecule has 6 heteroatoms. The van der Waals surface area contributed by atoms with Crippen molar-refractivity contribution in [2.24, 2.45) is 0 Å². The molecule has 15 aromatic carbocycles. The first-order valence-electron chi connectivity index (χ1n) is 35.1. The third kappa shape index (κ3) is 12.7. The van der Waals surface area contributed by atoms with Crippen LogP contribution in [-0.2, 0) is 0 Å². The first-order valence-corrected chi connectivity index (χ1v) is 35.1. The monoisotopic (exact) mass is 1320 g/mol. The minimum absolute atomic E-state index is 0.686. The first-order chi connectivity index (χ1) is 51.5. The van der Waals surface area contributed by atoms with Gasteiger partial charge in [-0.25, -0.2) is 19.9 Å². The number of nitrogens with zero attached hydrogens (tertiary/aromatic N) is 6. The number of pyridine rings is 2. The largest absolute Gasteiger partial charge is 0.264 e. The predicted molar refractivity (Wildman–Crippen MR) is 432 cm³/mol. The molecule has 0 spiro atoms. The molecule has 0 saturated carbocycles. The van der Waals surface area contributed by atoms with Crippen molar-refractivity contribution in [1.82, 2.24) is 29.9 Å². The fraction of sp³-hybridized carbons (Fsp3) is 0. The van der Waals surface area contributed by atoms with E-state index in [9.17, 15) is 0 Å². The van der Waals surface area contributed by atoms with E-state index in [-0.39, 0.29) is 0 Å². The topological polar surface area (TPSA) is 77.3 Å². The maximum absolute atomic E-state index is 5.22. The number of aromatic nitrogens is 6. The summed E-state index contributed by atoms with van der Waals surface area (Å²) in [4.78, 5) is 29.6. The van der Waals surface area contributed by atoms with Gasteiger partial charge in [0.1, 0.15) is 0 Å². The van der Waals surface area contributed by atoms with E-state index in [1.165, 1.54) is 70.7 Å². The van der Waals surface area contributed by atoms with Gasteiger partial charge in [-0.3, -0.25) is 9.97 Å². The molecule has 19 rings (SSSR count). The van der Waals surface area contributed by atoms with Crippen LogP contribution in [0.5, 0.6) is 0 Å². The van der Waals surface area contributed by atoms with Gasteiger partial charge < -0.3 is 0 Å². The molecular weight excluding hydrogens is 1260 g/mol. The van der Waals surface area contributed by atoms with Crippen LogP contribution in [0.15, 0.2) is 389 Å². The molecule has 486 valence electrons. The second-order valence-electron chi connectivity index (χ2n) is 26.2. The predicted octanol–water partition coefficient (Wildman–Crippen LogP) is 25.5. The normalized spacial score (nSPS) is 11.3. The molecule has 0 aliphatic carbocycles. The zero-order valence-corrected chi connectivity index (χ0v) is 56.6. The fourth-order valence-corrected chi connectivity index (χ4v) is 14.3. The maximum atomic E-state index is 5.22. The Morgan fingerprint density at radius 2 is 0.500 bits per heavy atom. The Bertz CT molecular complexity index is 6370. The minimum Gasteiger partial charge on any atom is -0.264 e. The first kappa shape index (κ1) is 62.3. The van der Waals surface area contributed by atoms with E-state index in [1.54, 1.807) is 6.20 Å². The molecule has 104 heavy (non-hydrogen) atoms. The molecule has 6 nitrogen and oxygen atoms in total. The van der Waals surface area contributed by atoms with Crippen molar-refractivity contribution in [3.05, 3.63) is 389 Å². The standard InChI is InChI=1S/C51H33N3.C47H31N3/c1-2-11-40-29-41(28-21-34(40)9-1)35-19-26-39(27-20-35)51-53-49(38-24-22-37(23-25-38)48-33-52-32-44-12-4-6-17-47(44)48)31-50(54-51)43-15-7-14-42(30-43)46-18-8-13-36-10-3-5-16-45(36)46;1-2-10-38-28-40(26-19-32(38)8-1)39-12-5-13-41(29-39)46-30-45(36-22-17-33(18-23-36)42-14-7-27-48-31-42)49-47(50-46)37-24-20-35(21-25-37)44-16-6-11-34-9-3-4-15-43(34)44/h1-33H;1-31H. The van der Waals surface area contributed by atoms with Crippen molar-refractivity contribution < 1.29 is 0 Å². The highest BCUT2D eigenvalue weighted by atomic mass is 14.9. The summed E-state index contributed by atoms with van der Waals surface area (Å²) in [5.41, 5.74) is 23.4. The van der Waals surface area contributed by atoms with Crippen LogP contribution in [0.25, 0.3) is 188 Å². The van der Waals surface area contributed by atoms with Crippen molar-refractivity contribution in [1.29, 1.82) is 0 Å². The zero-order valence-electron chi connectivity index (χ0n) is 56.6. The lowest BCUT2D eigenvalue weighted by Gasteiger charge is -2.12. The quantitative estimate of drug-likeness (QED) is 0.121. The summed E-state index contributed by atoms with van der Waals surface area (Å²) in [5.74, 6) is 1.37. The van der Waals surface area contributed by atoms with Crippen LogP contribution in [-0.4, -0.2) is 29.9 Å². The van der Waals surface area contributed by atoms with E-state index >= 15 is 0 Å². The molecule has 0 aliphatic rings. The Morgan fingerprint density at radius 1 is 0.154 bits per heavy atom. The van der Waals surface area contributed by atoms with Crippen LogP contribution in [0, 0.1) is 0 Å². The third-order valence-corrected chi connectivity index (χ3v) is 19.8. The fourth-order valence-electron chi connectivity index (χ4n) is 14.3. The summed E-state index contributed by atoms with van der Waals surface area (Å²) in [6.07, 6.45) is 7.55. The summed E-state index contributed by atoms with van der Waals surface area (Å²) in [6.45, 7) is 0. The van der Waals surface area contributed by atoms with Gasteiger partial charge in [-0.1, -0.05) is 322 Å². The number of hydrogen-bond donors (Lipinski definition) is 0. The Balaban J connectivity index is 0.000000149. The van der Waals surface area contributed by atoms with E-state index in [2.05, 4.69) is 368 Å². The van der Waals surface area contributed by atoms with E-state index in [0.29, 0.717) is 11.6 Å². The van der Waals surface area contributed by atoms with Crippen LogP contribution in [0.3, 0.4) is 0 Å². The Hall–Kier alpha value is -13.9. The second-order valence-corrected chi connectivity index (χ2v) is 26.2. The lowest BCUT2D eigenvalue weighted by Crippen LogP contribution is -1.96. The summed E-state index contributed by atoms with van der Waals surface area (Å²) in [7, 11) is 0. The number of fused-ring (bicyclic) bond motifs is 5. The SMILES string of the molecule is c1cc(-c2cc(-c3ccc(-c4cncc5ccccc45)cc3)nc(-c3ccc(-c4ccc5ccccc5c4)cc3)n2)cc(-c2cccc3ccccc23)c1.c1cncc(-c2ccc(-c3cc(-c4cccc(-c5ccc6ccccc6c5)c4)nc(-c4ccc(-c5cccc6ccccc56)cc4)n3)cc2)c1. The van der Waals surface area contributed by atoms with E-state index in [4.69, 9.17) is 19.9 Å². The van der Waals surface area contributed by atoms with E-state index in [1.807, 2.05) is 24.7 Å².